The molecule has 1 aromatic carbocycles. The van der Waals surface area contributed by atoms with Crippen LogP contribution in [0.4, 0.5) is 0 Å². The van der Waals surface area contributed by atoms with Gasteiger partial charge in [0.1, 0.15) is 0 Å². The van der Waals surface area contributed by atoms with Crippen LogP contribution in [0.25, 0.3) is 10.9 Å². The van der Waals surface area contributed by atoms with E-state index in [4.69, 9.17) is 0 Å². The van der Waals surface area contributed by atoms with E-state index >= 15 is 0 Å². The first-order chi connectivity index (χ1) is 7.68. The molecule has 0 spiro atoms. The molecule has 0 amide bonds. The molecule has 0 radical (unpaired) electrons. The highest BCUT2D eigenvalue weighted by Gasteiger charge is 2.12. The number of para-hydroxylation sites is 1. The summed E-state index contributed by atoms with van der Waals surface area (Å²) in [6.45, 7) is 7.82. The summed E-state index contributed by atoms with van der Waals surface area (Å²) in [5.74, 6) is 0.212. The Morgan fingerprint density at radius 2 is 1.81 bits per heavy atom. The van der Waals surface area contributed by atoms with Crippen molar-refractivity contribution in [1.82, 2.24) is 4.98 Å². The van der Waals surface area contributed by atoms with Crippen molar-refractivity contribution < 1.29 is 4.79 Å². The Morgan fingerprint density at radius 3 is 2.38 bits per heavy atom. The SMILES string of the molecule is CC.CC(C)C(=O)c1cc2ccccc2[nH]1. The minimum absolute atomic E-state index is 0.0445. The molecule has 0 atom stereocenters. The lowest BCUT2D eigenvalue weighted by molar-refractivity contribution is 0.0935. The standard InChI is InChI=1S/C12H13NO.C2H6/c1-8(2)12(14)11-7-9-5-3-4-6-10(9)13-11;1-2/h3-8,13H,1-2H3;1-2H3. The van der Waals surface area contributed by atoms with Crippen molar-refractivity contribution >= 4 is 16.7 Å². The topological polar surface area (TPSA) is 32.9 Å². The molecule has 0 saturated heterocycles. The summed E-state index contributed by atoms with van der Waals surface area (Å²) in [7, 11) is 0. The summed E-state index contributed by atoms with van der Waals surface area (Å²) in [6.07, 6.45) is 0. The molecule has 0 saturated carbocycles. The van der Waals surface area contributed by atoms with E-state index in [-0.39, 0.29) is 11.7 Å². The maximum atomic E-state index is 11.7. The highest BCUT2D eigenvalue weighted by atomic mass is 16.1. The van der Waals surface area contributed by atoms with Gasteiger partial charge in [0.2, 0.25) is 0 Å². The largest absolute Gasteiger partial charge is 0.352 e. The quantitative estimate of drug-likeness (QED) is 0.757. The number of Topliss-reactive ketones (excluding diaryl/α,β-unsaturated/α-hetero) is 1. The summed E-state index contributed by atoms with van der Waals surface area (Å²) in [5.41, 5.74) is 1.73. The molecule has 86 valence electrons. The van der Waals surface area contributed by atoms with Crippen LogP contribution in [-0.2, 0) is 0 Å². The lowest BCUT2D eigenvalue weighted by Crippen LogP contribution is -2.07. The molecular weight excluding hydrogens is 198 g/mol. The first-order valence-electron chi connectivity index (χ1n) is 5.80. The van der Waals surface area contributed by atoms with Crippen LogP contribution in [0.1, 0.15) is 38.2 Å². The van der Waals surface area contributed by atoms with Crippen molar-refractivity contribution in [3.8, 4) is 0 Å². The highest BCUT2D eigenvalue weighted by Crippen LogP contribution is 2.16. The summed E-state index contributed by atoms with van der Waals surface area (Å²) >= 11 is 0. The molecule has 0 unspecified atom stereocenters. The molecule has 0 aliphatic carbocycles. The van der Waals surface area contributed by atoms with Crippen LogP contribution in [-0.4, -0.2) is 10.8 Å². The van der Waals surface area contributed by atoms with E-state index < -0.39 is 0 Å². The third-order valence-corrected chi connectivity index (χ3v) is 2.32. The van der Waals surface area contributed by atoms with E-state index in [0.29, 0.717) is 5.69 Å². The smallest absolute Gasteiger partial charge is 0.181 e. The Kier molecular flexibility index (Phi) is 4.29. The lowest BCUT2D eigenvalue weighted by Gasteiger charge is -1.99. The zero-order valence-electron chi connectivity index (χ0n) is 10.4. The number of carbonyl (C=O) groups excluding carboxylic acids is 1. The fourth-order valence-corrected chi connectivity index (χ4v) is 1.52. The first kappa shape index (κ1) is 12.5. The van der Waals surface area contributed by atoms with Crippen molar-refractivity contribution in [2.24, 2.45) is 5.92 Å². The van der Waals surface area contributed by atoms with E-state index in [1.807, 2.05) is 58.0 Å². The molecule has 2 rings (SSSR count). The normalized spacial score (nSPS) is 10.1. The first-order valence-corrected chi connectivity index (χ1v) is 5.80. The Labute approximate surface area is 96.7 Å². The molecule has 0 aliphatic heterocycles. The third kappa shape index (κ3) is 2.51. The van der Waals surface area contributed by atoms with Crippen LogP contribution >= 0.6 is 0 Å². The Bertz CT molecular complexity index is 435. The van der Waals surface area contributed by atoms with E-state index in [2.05, 4.69) is 4.98 Å². The second-order valence-electron chi connectivity index (χ2n) is 3.79. The van der Waals surface area contributed by atoms with Crippen LogP contribution in [0.3, 0.4) is 0 Å². The van der Waals surface area contributed by atoms with Crippen LogP contribution in [0, 0.1) is 5.92 Å². The number of benzene rings is 1. The Morgan fingerprint density at radius 1 is 1.19 bits per heavy atom. The van der Waals surface area contributed by atoms with Gasteiger partial charge in [-0.15, -0.1) is 0 Å². The zero-order chi connectivity index (χ0) is 12.1. The Balaban J connectivity index is 0.000000606. The number of aromatic amines is 1. The van der Waals surface area contributed by atoms with Gasteiger partial charge in [0.25, 0.3) is 0 Å². The molecule has 2 nitrogen and oxygen atoms in total. The van der Waals surface area contributed by atoms with Crippen molar-refractivity contribution in [2.75, 3.05) is 0 Å². The maximum Gasteiger partial charge on any atom is 0.181 e. The number of hydrogen-bond acceptors (Lipinski definition) is 1. The van der Waals surface area contributed by atoms with Gasteiger partial charge in [-0.2, -0.15) is 0 Å². The highest BCUT2D eigenvalue weighted by molar-refractivity contribution is 6.00. The minimum Gasteiger partial charge on any atom is -0.352 e. The average molecular weight is 217 g/mol. The van der Waals surface area contributed by atoms with Crippen molar-refractivity contribution in [1.29, 1.82) is 0 Å². The number of rotatable bonds is 2. The van der Waals surface area contributed by atoms with Crippen molar-refractivity contribution in [2.45, 2.75) is 27.7 Å². The van der Waals surface area contributed by atoms with Crippen LogP contribution in [0.5, 0.6) is 0 Å². The number of carbonyl (C=O) groups is 1. The van der Waals surface area contributed by atoms with E-state index in [1.165, 1.54) is 0 Å². The fraction of sp³-hybridized carbons (Fsp3) is 0.357. The number of nitrogens with one attached hydrogen (secondary N) is 1. The van der Waals surface area contributed by atoms with Gasteiger partial charge in [-0.25, -0.2) is 0 Å². The molecule has 2 heteroatoms. The number of fused-ring (bicyclic) bond motifs is 1. The summed E-state index contributed by atoms with van der Waals surface area (Å²) in [6, 6.07) is 9.83. The van der Waals surface area contributed by atoms with E-state index in [1.54, 1.807) is 0 Å². The van der Waals surface area contributed by atoms with Gasteiger partial charge >= 0.3 is 0 Å². The molecule has 1 N–H and O–H groups in total. The average Bonchev–Trinajstić information content (AvgIpc) is 2.74. The summed E-state index contributed by atoms with van der Waals surface area (Å²) < 4.78 is 0. The van der Waals surface area contributed by atoms with Gasteiger partial charge in [-0.1, -0.05) is 45.9 Å². The second kappa shape index (κ2) is 5.50. The van der Waals surface area contributed by atoms with E-state index in [9.17, 15) is 4.79 Å². The fourth-order valence-electron chi connectivity index (χ4n) is 1.52. The molecule has 1 aromatic heterocycles. The van der Waals surface area contributed by atoms with Crippen LogP contribution < -0.4 is 0 Å². The molecule has 2 aromatic rings. The lowest BCUT2D eigenvalue weighted by atomic mass is 10.1. The third-order valence-electron chi connectivity index (χ3n) is 2.32. The van der Waals surface area contributed by atoms with Gasteiger partial charge in [-0.3, -0.25) is 4.79 Å². The minimum atomic E-state index is 0.0445. The molecule has 0 fully saturated rings. The van der Waals surface area contributed by atoms with Crippen molar-refractivity contribution in [3.05, 3.63) is 36.0 Å². The predicted octanol–water partition coefficient (Wildman–Crippen LogP) is 4.03. The monoisotopic (exact) mass is 217 g/mol. The van der Waals surface area contributed by atoms with Gasteiger partial charge in [-0.05, 0) is 12.1 Å². The molecule has 16 heavy (non-hydrogen) atoms. The Hall–Kier alpha value is -1.57. The molecule has 0 bridgehead atoms. The number of aromatic nitrogens is 1. The number of hydrogen-bond donors (Lipinski definition) is 1. The number of H-pyrrole nitrogens is 1. The van der Waals surface area contributed by atoms with Gasteiger partial charge in [0.05, 0.1) is 5.69 Å². The molecular formula is C14H19NO. The van der Waals surface area contributed by atoms with Crippen LogP contribution in [0.2, 0.25) is 0 Å². The van der Waals surface area contributed by atoms with Crippen molar-refractivity contribution in [3.63, 3.8) is 0 Å². The molecule has 0 aliphatic rings. The summed E-state index contributed by atoms with van der Waals surface area (Å²) in [4.78, 5) is 14.8. The number of ketones is 1. The van der Waals surface area contributed by atoms with Gasteiger partial charge in [0, 0.05) is 16.8 Å². The van der Waals surface area contributed by atoms with Gasteiger partial charge < -0.3 is 4.98 Å². The van der Waals surface area contributed by atoms with Crippen LogP contribution in [0.15, 0.2) is 30.3 Å². The predicted molar refractivity (Wildman–Crippen MR) is 68.8 cm³/mol. The maximum absolute atomic E-state index is 11.7. The second-order valence-corrected chi connectivity index (χ2v) is 3.79. The van der Waals surface area contributed by atoms with Gasteiger partial charge in [0.15, 0.2) is 5.78 Å². The molecule has 1 heterocycles. The van der Waals surface area contributed by atoms with E-state index in [0.717, 1.165) is 10.9 Å². The summed E-state index contributed by atoms with van der Waals surface area (Å²) in [5, 5.41) is 1.09. The zero-order valence-corrected chi connectivity index (χ0v) is 10.4.